The van der Waals surface area contributed by atoms with Crippen LogP contribution < -0.4 is 20.1 Å². The third kappa shape index (κ3) is 9.28. The maximum atomic E-state index is 14.5. The maximum Gasteiger partial charge on any atom is 0.408 e. The van der Waals surface area contributed by atoms with Gasteiger partial charge in [-0.05, 0) is 94.0 Å². The van der Waals surface area contributed by atoms with Crippen molar-refractivity contribution in [3.63, 3.8) is 0 Å². The van der Waals surface area contributed by atoms with Crippen molar-refractivity contribution in [3.8, 4) is 11.6 Å². The lowest BCUT2D eigenvalue weighted by molar-refractivity contribution is -0.141. The van der Waals surface area contributed by atoms with Gasteiger partial charge < -0.3 is 25.0 Å². The Hall–Kier alpha value is -4.99. The van der Waals surface area contributed by atoms with E-state index in [2.05, 4.69) is 32.0 Å². The van der Waals surface area contributed by atoms with Crippen LogP contribution in [0.2, 0.25) is 0 Å². The number of fused-ring (bicyclic) bond motifs is 1. The Balaban J connectivity index is 1.25. The first-order valence-corrected chi connectivity index (χ1v) is 20.2. The normalized spacial score (nSPS) is 23.1. The third-order valence-corrected chi connectivity index (χ3v) is 11.8. The standard InChI is InChI=1S/C39H51N7O8S/c1-8-26-20-39(26,35(49)44-55(51,52)28-11-12-28)43-32(47)31-18-24(22-45(31)34(48)30(21-37(2,3)4)42-36(50)54-38(5,6)7)23-53-33-29-13-10-27(46-17-9-15-41-46)19-25(29)14-16-40-33/h8-10,13-17,19,24,26,28,30-31H,1,11-12,18,20-23H2,2-7H3,(H,42,50)(H,43,47)(H,44,49)/t24?,26-,30?,31+,39-/m1/s1. The van der Waals surface area contributed by atoms with E-state index in [0.29, 0.717) is 18.7 Å². The average Bonchev–Trinajstić information content (AvgIpc) is 3.96. The summed E-state index contributed by atoms with van der Waals surface area (Å²) in [5.41, 5.74) is -1.90. The van der Waals surface area contributed by atoms with Crippen LogP contribution in [-0.4, -0.2) is 93.5 Å². The molecule has 4 amide bonds. The number of alkyl carbamates (subject to hydrolysis) is 1. The average molecular weight is 778 g/mol. The molecule has 296 valence electrons. The van der Waals surface area contributed by atoms with Crippen LogP contribution >= 0.6 is 0 Å². The van der Waals surface area contributed by atoms with E-state index in [0.717, 1.165) is 16.5 Å². The number of benzene rings is 1. The quantitative estimate of drug-likeness (QED) is 0.214. The Bertz CT molecular complexity index is 2070. The molecular weight excluding hydrogens is 727 g/mol. The largest absolute Gasteiger partial charge is 0.477 e. The van der Waals surface area contributed by atoms with Crippen LogP contribution in [-0.2, 0) is 29.1 Å². The summed E-state index contributed by atoms with van der Waals surface area (Å²) in [6, 6.07) is 7.36. The molecule has 3 fully saturated rings. The molecule has 0 bridgehead atoms. The predicted octanol–water partition coefficient (Wildman–Crippen LogP) is 4.02. The number of carbonyl (C=O) groups is 4. The van der Waals surface area contributed by atoms with Gasteiger partial charge in [0.05, 0.1) is 17.5 Å². The van der Waals surface area contributed by atoms with Crippen LogP contribution in [0.1, 0.15) is 73.6 Å². The minimum absolute atomic E-state index is 0.0991. The van der Waals surface area contributed by atoms with Crippen LogP contribution in [0, 0.1) is 17.3 Å². The second-order valence-electron chi connectivity index (χ2n) is 17.0. The number of aromatic nitrogens is 3. The molecular formula is C39H51N7O8S. The Morgan fingerprint density at radius 3 is 2.45 bits per heavy atom. The number of sulfonamides is 1. The van der Waals surface area contributed by atoms with Crippen molar-refractivity contribution in [3.05, 3.63) is 61.6 Å². The van der Waals surface area contributed by atoms with Crippen LogP contribution in [0.3, 0.4) is 0 Å². The van der Waals surface area contributed by atoms with E-state index >= 15 is 0 Å². The highest BCUT2D eigenvalue weighted by Crippen LogP contribution is 2.45. The molecule has 0 spiro atoms. The first-order chi connectivity index (χ1) is 25.8. The lowest BCUT2D eigenvalue weighted by atomic mass is 9.87. The summed E-state index contributed by atoms with van der Waals surface area (Å²) in [6.45, 7) is 14.9. The number of hydrogen-bond donors (Lipinski definition) is 3. The zero-order valence-corrected chi connectivity index (χ0v) is 33.0. The van der Waals surface area contributed by atoms with Crippen molar-refractivity contribution in [1.82, 2.24) is 35.0 Å². The highest BCUT2D eigenvalue weighted by Gasteiger charge is 2.62. The van der Waals surface area contributed by atoms with E-state index < -0.39 is 73.6 Å². The minimum Gasteiger partial charge on any atom is -0.477 e. The monoisotopic (exact) mass is 777 g/mol. The van der Waals surface area contributed by atoms with E-state index in [-0.39, 0.29) is 38.3 Å². The molecule has 0 radical (unpaired) electrons. The second-order valence-corrected chi connectivity index (χ2v) is 19.0. The molecule has 6 rings (SSSR count). The first-order valence-electron chi connectivity index (χ1n) is 18.6. The summed E-state index contributed by atoms with van der Waals surface area (Å²) < 4.78 is 41.1. The maximum absolute atomic E-state index is 14.5. The van der Waals surface area contributed by atoms with Gasteiger partial charge in [0.1, 0.15) is 23.2 Å². The molecule has 3 aromatic rings. The third-order valence-electron chi connectivity index (χ3n) is 9.96. The van der Waals surface area contributed by atoms with Crippen LogP contribution in [0.25, 0.3) is 16.5 Å². The summed E-state index contributed by atoms with van der Waals surface area (Å²) in [5.74, 6) is -2.44. The molecule has 55 heavy (non-hydrogen) atoms. The summed E-state index contributed by atoms with van der Waals surface area (Å²) in [5, 5.41) is 10.9. The topological polar surface area (TPSA) is 191 Å². The highest BCUT2D eigenvalue weighted by atomic mass is 32.2. The van der Waals surface area contributed by atoms with E-state index in [9.17, 15) is 27.6 Å². The van der Waals surface area contributed by atoms with E-state index in [1.807, 2.05) is 57.3 Å². The van der Waals surface area contributed by atoms with Gasteiger partial charge in [0.15, 0.2) is 0 Å². The molecule has 1 aliphatic heterocycles. The predicted molar refractivity (Wildman–Crippen MR) is 204 cm³/mol. The molecule has 2 aliphatic carbocycles. The molecule has 1 aromatic carbocycles. The molecule has 2 unspecified atom stereocenters. The van der Waals surface area contributed by atoms with Gasteiger partial charge in [-0.1, -0.05) is 26.8 Å². The van der Waals surface area contributed by atoms with Crippen LogP contribution in [0.5, 0.6) is 5.88 Å². The van der Waals surface area contributed by atoms with Crippen molar-refractivity contribution in [2.24, 2.45) is 17.3 Å². The zero-order chi connectivity index (χ0) is 39.9. The molecule has 15 nitrogen and oxygen atoms in total. The van der Waals surface area contributed by atoms with Gasteiger partial charge >= 0.3 is 6.09 Å². The Labute approximate surface area is 321 Å². The van der Waals surface area contributed by atoms with Gasteiger partial charge in [0.2, 0.25) is 27.7 Å². The van der Waals surface area contributed by atoms with E-state index in [4.69, 9.17) is 9.47 Å². The van der Waals surface area contributed by atoms with Crippen molar-refractivity contribution in [2.45, 2.75) is 102 Å². The number of pyridine rings is 1. The number of likely N-dealkylation sites (tertiary alicyclic amines) is 1. The summed E-state index contributed by atoms with van der Waals surface area (Å²) in [7, 11) is -3.89. The van der Waals surface area contributed by atoms with Gasteiger partial charge in [-0.2, -0.15) is 5.10 Å². The molecule has 1 saturated heterocycles. The van der Waals surface area contributed by atoms with Crippen LogP contribution in [0.15, 0.2) is 61.6 Å². The van der Waals surface area contributed by atoms with Gasteiger partial charge in [0.25, 0.3) is 5.91 Å². The minimum atomic E-state index is -3.89. The fraction of sp³-hybridized carbons (Fsp3) is 0.538. The number of amides is 4. The van der Waals surface area contributed by atoms with Gasteiger partial charge in [-0.3, -0.25) is 19.1 Å². The number of carbonyl (C=O) groups excluding carboxylic acids is 4. The summed E-state index contributed by atoms with van der Waals surface area (Å²) >= 11 is 0. The van der Waals surface area contributed by atoms with Gasteiger partial charge in [-0.25, -0.2) is 22.9 Å². The van der Waals surface area contributed by atoms with Crippen molar-refractivity contribution < 1.29 is 37.1 Å². The van der Waals surface area contributed by atoms with E-state index in [1.54, 1.807) is 37.8 Å². The molecule has 2 saturated carbocycles. The highest BCUT2D eigenvalue weighted by molar-refractivity contribution is 7.91. The van der Waals surface area contributed by atoms with Gasteiger partial charge in [0, 0.05) is 42.4 Å². The molecule has 2 aromatic heterocycles. The van der Waals surface area contributed by atoms with Crippen molar-refractivity contribution in [2.75, 3.05) is 13.2 Å². The van der Waals surface area contributed by atoms with Crippen molar-refractivity contribution >= 4 is 44.6 Å². The number of nitrogens with one attached hydrogen (secondary N) is 3. The lowest BCUT2D eigenvalue weighted by Gasteiger charge is -2.33. The fourth-order valence-corrected chi connectivity index (χ4v) is 8.39. The lowest BCUT2D eigenvalue weighted by Crippen LogP contribution is -2.58. The van der Waals surface area contributed by atoms with E-state index in [1.165, 1.54) is 11.0 Å². The number of hydrogen-bond acceptors (Lipinski definition) is 10. The van der Waals surface area contributed by atoms with Crippen LogP contribution in [0.4, 0.5) is 4.79 Å². The Morgan fingerprint density at radius 1 is 1.09 bits per heavy atom. The van der Waals surface area contributed by atoms with Crippen molar-refractivity contribution in [1.29, 1.82) is 0 Å². The molecule has 3 N–H and O–H groups in total. The Kier molecular flexibility index (Phi) is 10.8. The summed E-state index contributed by atoms with van der Waals surface area (Å²) in [4.78, 5) is 61.2. The smallest absolute Gasteiger partial charge is 0.408 e. The molecule has 3 aliphatic rings. The van der Waals surface area contributed by atoms with Gasteiger partial charge in [-0.15, -0.1) is 6.58 Å². The molecule has 16 heteroatoms. The fourth-order valence-electron chi connectivity index (χ4n) is 7.03. The summed E-state index contributed by atoms with van der Waals surface area (Å²) in [6.07, 6.45) is 7.41. The first kappa shape index (κ1) is 39.7. The number of nitrogens with zero attached hydrogens (tertiary/aromatic N) is 4. The number of rotatable bonds is 13. The second kappa shape index (κ2) is 14.9. The molecule has 5 atom stereocenters. The SMILES string of the molecule is C=C[C@@H]1C[C@]1(NC(=O)[C@@H]1CC(COc2nccc3cc(-n4cccn4)ccc23)CN1C(=O)C(CC(C)(C)C)NC(=O)OC(C)(C)C)C(=O)NS(=O)(=O)C1CC1. The molecule has 3 heterocycles. The Morgan fingerprint density at radius 2 is 1.84 bits per heavy atom. The number of ether oxygens (including phenoxy) is 2. The zero-order valence-electron chi connectivity index (χ0n) is 32.2.